The Kier molecular flexibility index (Phi) is 5.02. The van der Waals surface area contributed by atoms with E-state index in [0.717, 1.165) is 60.3 Å². The molecule has 0 bridgehead atoms. The standard InChI is InChI=1S/C19H28N4OS/c1-12-3-5-14(6-4-12)18-22-17-16(20-13(2)21-19(17)25-18)11-23-9-7-15(24)8-10-23/h12,14-15,24H,3-11H2,1-2H3/t12-,14-. The average Bonchev–Trinajstić information content (AvgIpc) is 3.01. The Morgan fingerprint density at radius 2 is 1.76 bits per heavy atom. The second-order valence-electron chi connectivity index (χ2n) is 7.89. The molecule has 0 radical (unpaired) electrons. The normalized spacial score (nSPS) is 26.4. The molecule has 2 aliphatic rings. The summed E-state index contributed by atoms with van der Waals surface area (Å²) in [4.78, 5) is 17.8. The fraction of sp³-hybridized carbons (Fsp3) is 0.737. The first kappa shape index (κ1) is 17.3. The van der Waals surface area contributed by atoms with Crippen molar-refractivity contribution in [2.24, 2.45) is 5.92 Å². The van der Waals surface area contributed by atoms with Crippen molar-refractivity contribution in [1.29, 1.82) is 0 Å². The van der Waals surface area contributed by atoms with Gasteiger partial charge in [-0.25, -0.2) is 15.0 Å². The number of aromatic nitrogens is 3. The summed E-state index contributed by atoms with van der Waals surface area (Å²) >= 11 is 1.78. The first-order valence-electron chi connectivity index (χ1n) is 9.63. The predicted octanol–water partition coefficient (Wildman–Crippen LogP) is 3.65. The molecule has 3 heterocycles. The first-order valence-corrected chi connectivity index (χ1v) is 10.4. The van der Waals surface area contributed by atoms with Crippen LogP contribution in [-0.2, 0) is 6.54 Å². The van der Waals surface area contributed by atoms with Crippen LogP contribution in [0.1, 0.15) is 67.9 Å². The third-order valence-electron chi connectivity index (χ3n) is 5.75. The highest BCUT2D eigenvalue weighted by molar-refractivity contribution is 7.18. The Hall–Kier alpha value is -1.11. The topological polar surface area (TPSA) is 62.1 Å². The van der Waals surface area contributed by atoms with Gasteiger partial charge >= 0.3 is 0 Å². The molecule has 1 saturated carbocycles. The molecule has 0 atom stereocenters. The lowest BCUT2D eigenvalue weighted by molar-refractivity contribution is 0.0788. The lowest BCUT2D eigenvalue weighted by Crippen LogP contribution is -2.35. The van der Waals surface area contributed by atoms with Crippen molar-refractivity contribution in [2.75, 3.05) is 13.1 Å². The highest BCUT2D eigenvalue weighted by Crippen LogP contribution is 2.38. The number of aryl methyl sites for hydroxylation is 1. The van der Waals surface area contributed by atoms with Crippen molar-refractivity contribution in [3.05, 3.63) is 16.5 Å². The number of likely N-dealkylation sites (tertiary alicyclic amines) is 1. The van der Waals surface area contributed by atoms with Gasteiger partial charge in [0.25, 0.3) is 0 Å². The Bertz CT molecular complexity index is 730. The summed E-state index contributed by atoms with van der Waals surface area (Å²) in [6.45, 7) is 7.02. The molecule has 1 aliphatic carbocycles. The molecule has 2 aromatic rings. The molecule has 1 aliphatic heterocycles. The van der Waals surface area contributed by atoms with Gasteiger partial charge in [0, 0.05) is 25.6 Å². The number of aliphatic hydroxyl groups is 1. The second-order valence-corrected chi connectivity index (χ2v) is 8.90. The van der Waals surface area contributed by atoms with E-state index in [2.05, 4.69) is 16.8 Å². The molecule has 0 spiro atoms. The zero-order chi connectivity index (χ0) is 17.4. The van der Waals surface area contributed by atoms with Crippen LogP contribution >= 0.6 is 11.3 Å². The predicted molar refractivity (Wildman–Crippen MR) is 101 cm³/mol. The average molecular weight is 361 g/mol. The van der Waals surface area contributed by atoms with Crippen LogP contribution in [0.15, 0.2) is 0 Å². The summed E-state index contributed by atoms with van der Waals surface area (Å²) in [5, 5.41) is 11.0. The van der Waals surface area contributed by atoms with E-state index in [4.69, 9.17) is 9.97 Å². The third-order valence-corrected chi connectivity index (χ3v) is 6.87. The summed E-state index contributed by atoms with van der Waals surface area (Å²) in [7, 11) is 0. The number of nitrogens with zero attached hydrogens (tertiary/aromatic N) is 4. The van der Waals surface area contributed by atoms with Gasteiger partial charge in [-0.15, -0.1) is 0 Å². The highest BCUT2D eigenvalue weighted by Gasteiger charge is 2.25. The molecule has 25 heavy (non-hydrogen) atoms. The van der Waals surface area contributed by atoms with Crippen LogP contribution in [-0.4, -0.2) is 44.2 Å². The van der Waals surface area contributed by atoms with E-state index in [1.54, 1.807) is 11.3 Å². The van der Waals surface area contributed by atoms with Gasteiger partial charge in [-0.05, 0) is 38.5 Å². The maximum Gasteiger partial charge on any atom is 0.147 e. The Labute approximate surface area is 153 Å². The van der Waals surface area contributed by atoms with Gasteiger partial charge in [0.2, 0.25) is 0 Å². The van der Waals surface area contributed by atoms with Gasteiger partial charge in [-0.2, -0.15) is 0 Å². The van der Waals surface area contributed by atoms with E-state index in [0.29, 0.717) is 5.92 Å². The molecule has 2 fully saturated rings. The number of piperidine rings is 1. The summed E-state index contributed by atoms with van der Waals surface area (Å²) in [5.41, 5.74) is 2.07. The summed E-state index contributed by atoms with van der Waals surface area (Å²) in [6.07, 6.45) is 6.72. The maximum atomic E-state index is 9.71. The number of thiazole rings is 1. The van der Waals surface area contributed by atoms with Crippen LogP contribution in [0.2, 0.25) is 0 Å². The molecule has 6 heteroatoms. The Balaban J connectivity index is 1.58. The van der Waals surface area contributed by atoms with Crippen LogP contribution in [0.25, 0.3) is 10.3 Å². The number of hydrogen-bond acceptors (Lipinski definition) is 6. The van der Waals surface area contributed by atoms with Gasteiger partial charge in [0.1, 0.15) is 16.2 Å². The van der Waals surface area contributed by atoms with Crippen molar-refractivity contribution >= 4 is 21.7 Å². The zero-order valence-corrected chi connectivity index (χ0v) is 16.1. The Morgan fingerprint density at radius 1 is 1.04 bits per heavy atom. The smallest absolute Gasteiger partial charge is 0.147 e. The molecular formula is C19H28N4OS. The fourth-order valence-corrected chi connectivity index (χ4v) is 5.27. The summed E-state index contributed by atoms with van der Waals surface area (Å²) < 4.78 is 0. The Morgan fingerprint density at radius 3 is 2.48 bits per heavy atom. The van der Waals surface area contributed by atoms with E-state index >= 15 is 0 Å². The number of fused-ring (bicyclic) bond motifs is 1. The van der Waals surface area contributed by atoms with Crippen LogP contribution in [0.5, 0.6) is 0 Å². The van der Waals surface area contributed by atoms with Gasteiger partial charge in [0.15, 0.2) is 0 Å². The minimum absolute atomic E-state index is 0.136. The van der Waals surface area contributed by atoms with Crippen LogP contribution in [0.4, 0.5) is 0 Å². The van der Waals surface area contributed by atoms with E-state index in [9.17, 15) is 5.11 Å². The molecule has 5 nitrogen and oxygen atoms in total. The molecule has 0 unspecified atom stereocenters. The third kappa shape index (κ3) is 3.86. The largest absolute Gasteiger partial charge is 0.393 e. The molecule has 0 aromatic carbocycles. The van der Waals surface area contributed by atoms with E-state index in [1.165, 1.54) is 30.7 Å². The molecule has 4 rings (SSSR count). The van der Waals surface area contributed by atoms with Crippen molar-refractivity contribution in [3.8, 4) is 0 Å². The van der Waals surface area contributed by atoms with Gasteiger partial charge in [-0.3, -0.25) is 4.90 Å². The van der Waals surface area contributed by atoms with Gasteiger partial charge in [-0.1, -0.05) is 31.1 Å². The van der Waals surface area contributed by atoms with Crippen LogP contribution in [0.3, 0.4) is 0 Å². The number of rotatable bonds is 3. The van der Waals surface area contributed by atoms with Crippen molar-refractivity contribution < 1.29 is 5.11 Å². The van der Waals surface area contributed by atoms with Crippen LogP contribution < -0.4 is 0 Å². The molecule has 0 amide bonds. The van der Waals surface area contributed by atoms with Gasteiger partial charge < -0.3 is 5.11 Å². The zero-order valence-electron chi connectivity index (χ0n) is 15.2. The first-order chi connectivity index (χ1) is 12.1. The number of aliphatic hydroxyl groups excluding tert-OH is 1. The summed E-state index contributed by atoms with van der Waals surface area (Å²) in [6, 6.07) is 0. The van der Waals surface area contributed by atoms with Crippen molar-refractivity contribution in [1.82, 2.24) is 19.9 Å². The molecule has 2 aromatic heterocycles. The maximum absolute atomic E-state index is 9.71. The lowest BCUT2D eigenvalue weighted by atomic mass is 9.83. The van der Waals surface area contributed by atoms with E-state index in [1.807, 2.05) is 6.92 Å². The fourth-order valence-electron chi connectivity index (χ4n) is 4.09. The molecule has 1 N–H and O–H groups in total. The highest BCUT2D eigenvalue weighted by atomic mass is 32.1. The van der Waals surface area contributed by atoms with E-state index in [-0.39, 0.29) is 6.10 Å². The molecular weight excluding hydrogens is 332 g/mol. The second kappa shape index (κ2) is 7.25. The van der Waals surface area contributed by atoms with Crippen LogP contribution in [0, 0.1) is 12.8 Å². The van der Waals surface area contributed by atoms with Crippen molar-refractivity contribution in [2.45, 2.75) is 70.9 Å². The quantitative estimate of drug-likeness (QED) is 0.905. The van der Waals surface area contributed by atoms with Crippen molar-refractivity contribution in [3.63, 3.8) is 0 Å². The summed E-state index contributed by atoms with van der Waals surface area (Å²) in [5.74, 6) is 2.30. The molecule has 136 valence electrons. The SMILES string of the molecule is Cc1nc(CN2CCC(O)CC2)c2nc([C@H]3CC[C@H](C)CC3)sc2n1. The molecule has 1 saturated heterocycles. The van der Waals surface area contributed by atoms with E-state index < -0.39 is 0 Å². The minimum Gasteiger partial charge on any atom is -0.393 e. The monoisotopic (exact) mass is 360 g/mol. The lowest BCUT2D eigenvalue weighted by Gasteiger charge is -2.29. The minimum atomic E-state index is -0.136. The number of hydrogen-bond donors (Lipinski definition) is 1. The van der Waals surface area contributed by atoms with Gasteiger partial charge in [0.05, 0.1) is 16.8 Å².